The Morgan fingerprint density at radius 1 is 1.34 bits per heavy atom. The van der Waals surface area contributed by atoms with Crippen molar-refractivity contribution in [3.05, 3.63) is 61.7 Å². The van der Waals surface area contributed by atoms with Gasteiger partial charge in [-0.15, -0.1) is 21.5 Å². The van der Waals surface area contributed by atoms with Crippen molar-refractivity contribution < 1.29 is 18.9 Å². The molecule has 4 rings (SSSR count). The van der Waals surface area contributed by atoms with Gasteiger partial charge in [0.05, 0.1) is 4.92 Å². The molecule has 0 saturated carbocycles. The molecule has 0 aliphatic heterocycles. The highest BCUT2D eigenvalue weighted by Crippen LogP contribution is 2.33. The normalized spacial score (nSPS) is 16.8. The number of thiophene rings is 1. The molecule has 0 N–H and O–H groups in total. The van der Waals surface area contributed by atoms with E-state index in [0.29, 0.717) is 16.4 Å². The van der Waals surface area contributed by atoms with Gasteiger partial charge in [0.1, 0.15) is 4.88 Å². The number of carbonyl (C=O) groups is 1. The fourth-order valence-corrected chi connectivity index (χ4v) is 4.41. The Bertz CT molecular complexity index is 1060. The van der Waals surface area contributed by atoms with Crippen molar-refractivity contribution in [1.82, 2.24) is 10.2 Å². The van der Waals surface area contributed by atoms with Gasteiger partial charge in [0.2, 0.25) is 5.89 Å². The highest BCUT2D eigenvalue weighted by atomic mass is 32.1. The standard InChI is InChI=1S/C20H19N3O5S/c1-11-3-8-16-14(9-11)10-17(29-16)20(24)27-12(2)18-21-22-19(28-18)13-4-6-15(7-5-13)23(25)26/h4-7,10-12H,3,8-9H2,1-2H3/t11-,12-/m0/s1. The van der Waals surface area contributed by atoms with Gasteiger partial charge in [0, 0.05) is 22.6 Å². The van der Waals surface area contributed by atoms with Crippen molar-refractivity contribution in [2.75, 3.05) is 0 Å². The van der Waals surface area contributed by atoms with E-state index in [1.54, 1.807) is 6.92 Å². The summed E-state index contributed by atoms with van der Waals surface area (Å²) >= 11 is 1.49. The van der Waals surface area contributed by atoms with E-state index in [4.69, 9.17) is 9.15 Å². The molecule has 29 heavy (non-hydrogen) atoms. The summed E-state index contributed by atoms with van der Waals surface area (Å²) in [4.78, 5) is 24.7. The lowest BCUT2D eigenvalue weighted by atomic mass is 9.90. The first-order valence-electron chi connectivity index (χ1n) is 9.31. The number of nitro benzene ring substituents is 1. The van der Waals surface area contributed by atoms with Crippen LogP contribution in [0.3, 0.4) is 0 Å². The predicted octanol–water partition coefficient (Wildman–Crippen LogP) is 4.75. The number of nitro groups is 1. The van der Waals surface area contributed by atoms with Crippen molar-refractivity contribution in [3.63, 3.8) is 0 Å². The Balaban J connectivity index is 1.44. The van der Waals surface area contributed by atoms with E-state index in [1.807, 2.05) is 6.07 Å². The molecular weight excluding hydrogens is 394 g/mol. The number of fused-ring (bicyclic) bond motifs is 1. The minimum absolute atomic E-state index is 0.0242. The van der Waals surface area contributed by atoms with E-state index in [-0.39, 0.29) is 17.5 Å². The Labute approximate surface area is 170 Å². The van der Waals surface area contributed by atoms with Gasteiger partial charge in [-0.3, -0.25) is 10.1 Å². The number of nitrogens with zero attached hydrogens (tertiary/aromatic N) is 3. The summed E-state index contributed by atoms with van der Waals surface area (Å²) in [6.07, 6.45) is 2.44. The Morgan fingerprint density at radius 3 is 2.83 bits per heavy atom. The molecule has 2 heterocycles. The van der Waals surface area contributed by atoms with Crippen molar-refractivity contribution in [2.24, 2.45) is 5.92 Å². The number of rotatable bonds is 5. The minimum Gasteiger partial charge on any atom is -0.448 e. The second-order valence-corrected chi connectivity index (χ2v) is 8.34. The molecule has 2 aromatic heterocycles. The van der Waals surface area contributed by atoms with Crippen LogP contribution in [0.5, 0.6) is 0 Å². The van der Waals surface area contributed by atoms with Crippen LogP contribution in [0.2, 0.25) is 0 Å². The zero-order valence-corrected chi connectivity index (χ0v) is 16.8. The van der Waals surface area contributed by atoms with Crippen LogP contribution in [0.1, 0.15) is 52.4 Å². The summed E-state index contributed by atoms with van der Waals surface area (Å²) in [7, 11) is 0. The van der Waals surface area contributed by atoms with Crippen LogP contribution in [0, 0.1) is 16.0 Å². The van der Waals surface area contributed by atoms with Gasteiger partial charge in [0.25, 0.3) is 11.6 Å². The number of benzene rings is 1. The molecule has 0 bridgehead atoms. The molecular formula is C20H19N3O5S. The Kier molecular flexibility index (Phi) is 5.14. The van der Waals surface area contributed by atoms with Crippen LogP contribution in [-0.2, 0) is 17.6 Å². The zero-order valence-electron chi connectivity index (χ0n) is 16.0. The summed E-state index contributed by atoms with van der Waals surface area (Å²) in [5.74, 6) is 0.607. The lowest BCUT2D eigenvalue weighted by Crippen LogP contribution is -2.08. The van der Waals surface area contributed by atoms with Crippen molar-refractivity contribution in [2.45, 2.75) is 39.2 Å². The number of hydrogen-bond donors (Lipinski definition) is 0. The molecule has 0 unspecified atom stereocenters. The fraction of sp³-hybridized carbons (Fsp3) is 0.350. The molecule has 0 amide bonds. The molecule has 0 saturated heterocycles. The lowest BCUT2D eigenvalue weighted by molar-refractivity contribution is -0.384. The number of aromatic nitrogens is 2. The summed E-state index contributed by atoms with van der Waals surface area (Å²) < 4.78 is 11.1. The van der Waals surface area contributed by atoms with E-state index in [2.05, 4.69) is 17.1 Å². The maximum Gasteiger partial charge on any atom is 0.349 e. The van der Waals surface area contributed by atoms with Gasteiger partial charge in [-0.05, 0) is 55.9 Å². The number of carbonyl (C=O) groups excluding carboxylic acids is 1. The summed E-state index contributed by atoms with van der Waals surface area (Å²) in [6.45, 7) is 3.89. The second kappa shape index (κ2) is 7.75. The molecule has 3 aromatic rings. The fourth-order valence-electron chi connectivity index (χ4n) is 3.32. The first-order valence-corrected chi connectivity index (χ1v) is 10.1. The topological polar surface area (TPSA) is 108 Å². The number of esters is 1. The van der Waals surface area contributed by atoms with Crippen molar-refractivity contribution >= 4 is 23.0 Å². The van der Waals surface area contributed by atoms with Crippen LogP contribution < -0.4 is 0 Å². The van der Waals surface area contributed by atoms with E-state index in [0.717, 1.165) is 19.3 Å². The largest absolute Gasteiger partial charge is 0.448 e. The molecule has 8 nitrogen and oxygen atoms in total. The van der Waals surface area contributed by atoms with E-state index >= 15 is 0 Å². The number of hydrogen-bond acceptors (Lipinski definition) is 8. The Morgan fingerprint density at radius 2 is 2.10 bits per heavy atom. The highest BCUT2D eigenvalue weighted by Gasteiger charge is 2.24. The molecule has 9 heteroatoms. The smallest absolute Gasteiger partial charge is 0.349 e. The van der Waals surface area contributed by atoms with E-state index in [1.165, 1.54) is 46.0 Å². The second-order valence-electron chi connectivity index (χ2n) is 7.20. The minimum atomic E-state index is -0.708. The van der Waals surface area contributed by atoms with Crippen LogP contribution in [0.15, 0.2) is 34.7 Å². The van der Waals surface area contributed by atoms with Gasteiger partial charge >= 0.3 is 5.97 Å². The van der Waals surface area contributed by atoms with Crippen molar-refractivity contribution in [3.8, 4) is 11.5 Å². The van der Waals surface area contributed by atoms with Gasteiger partial charge in [-0.1, -0.05) is 6.92 Å². The lowest BCUT2D eigenvalue weighted by Gasteiger charge is -2.16. The third-order valence-corrected chi connectivity index (χ3v) is 6.14. The predicted molar refractivity (Wildman–Crippen MR) is 106 cm³/mol. The van der Waals surface area contributed by atoms with Crippen LogP contribution >= 0.6 is 11.3 Å². The number of ether oxygens (including phenoxy) is 1. The number of non-ortho nitro benzene ring substituents is 1. The van der Waals surface area contributed by atoms with Gasteiger partial charge < -0.3 is 9.15 Å². The van der Waals surface area contributed by atoms with Crippen LogP contribution in [-0.4, -0.2) is 21.1 Å². The molecule has 2 atom stereocenters. The first kappa shape index (κ1) is 19.3. The average molecular weight is 413 g/mol. The van der Waals surface area contributed by atoms with Crippen LogP contribution in [0.4, 0.5) is 5.69 Å². The molecule has 0 fully saturated rings. The van der Waals surface area contributed by atoms with Gasteiger partial charge in [0.15, 0.2) is 6.10 Å². The maximum absolute atomic E-state index is 12.5. The zero-order chi connectivity index (χ0) is 20.5. The van der Waals surface area contributed by atoms with E-state index < -0.39 is 17.0 Å². The summed E-state index contributed by atoms with van der Waals surface area (Å²) in [5.41, 5.74) is 1.77. The summed E-state index contributed by atoms with van der Waals surface area (Å²) in [5, 5.41) is 18.6. The molecule has 150 valence electrons. The third kappa shape index (κ3) is 4.04. The first-order chi connectivity index (χ1) is 13.9. The highest BCUT2D eigenvalue weighted by molar-refractivity contribution is 7.14. The quantitative estimate of drug-likeness (QED) is 0.337. The number of aryl methyl sites for hydroxylation is 1. The monoisotopic (exact) mass is 413 g/mol. The SMILES string of the molecule is C[C@H]1CCc2sc(C(=O)O[C@@H](C)c3nnc(-c4ccc([N+](=O)[O-])cc4)o3)cc2C1. The molecule has 1 aliphatic carbocycles. The summed E-state index contributed by atoms with van der Waals surface area (Å²) in [6, 6.07) is 7.72. The molecule has 1 aromatic carbocycles. The maximum atomic E-state index is 12.5. The van der Waals surface area contributed by atoms with Crippen molar-refractivity contribution in [1.29, 1.82) is 0 Å². The molecule has 0 radical (unpaired) electrons. The van der Waals surface area contributed by atoms with Gasteiger partial charge in [-0.2, -0.15) is 0 Å². The average Bonchev–Trinajstić information content (AvgIpc) is 3.35. The third-order valence-electron chi connectivity index (χ3n) is 4.93. The van der Waals surface area contributed by atoms with E-state index in [9.17, 15) is 14.9 Å². The molecule has 1 aliphatic rings. The molecule has 0 spiro atoms. The Hall–Kier alpha value is -3.07. The van der Waals surface area contributed by atoms with Crippen LogP contribution in [0.25, 0.3) is 11.5 Å². The van der Waals surface area contributed by atoms with Gasteiger partial charge in [-0.25, -0.2) is 4.79 Å².